The molecule has 2 N–H and O–H groups in total. The van der Waals surface area contributed by atoms with Crippen LogP contribution in [0.3, 0.4) is 0 Å². The van der Waals surface area contributed by atoms with E-state index in [0.29, 0.717) is 13.0 Å². The fourth-order valence-corrected chi connectivity index (χ4v) is 1.70. The van der Waals surface area contributed by atoms with Gasteiger partial charge in [-0.25, -0.2) is 4.39 Å². The smallest absolute Gasteiger partial charge is 0.220 e. The van der Waals surface area contributed by atoms with Crippen LogP contribution in [0.2, 0.25) is 0 Å². The summed E-state index contributed by atoms with van der Waals surface area (Å²) >= 11 is 0. The van der Waals surface area contributed by atoms with Crippen molar-refractivity contribution in [1.82, 2.24) is 5.32 Å². The molecule has 4 nitrogen and oxygen atoms in total. The number of carbonyl (C=O) groups is 2. The van der Waals surface area contributed by atoms with Crippen LogP contribution in [0.25, 0.3) is 0 Å². The highest BCUT2D eigenvalue weighted by molar-refractivity contribution is 5.75. The molecular formula is C17H27FN2O2. The van der Waals surface area contributed by atoms with Crippen LogP contribution in [0.4, 0.5) is 10.1 Å². The third-order valence-corrected chi connectivity index (χ3v) is 2.84. The van der Waals surface area contributed by atoms with E-state index >= 15 is 0 Å². The van der Waals surface area contributed by atoms with Gasteiger partial charge in [0.1, 0.15) is 13.0 Å². The Bertz CT molecular complexity index is 386. The fourth-order valence-electron chi connectivity index (χ4n) is 1.70. The molecule has 0 saturated carbocycles. The number of anilines is 1. The van der Waals surface area contributed by atoms with Crippen LogP contribution in [0, 0.1) is 0 Å². The Morgan fingerprint density at radius 1 is 1.18 bits per heavy atom. The maximum atomic E-state index is 11.6. The first-order chi connectivity index (χ1) is 10.7. The number of hydrogen-bond donors (Lipinski definition) is 2. The second kappa shape index (κ2) is 15.5. The normalized spacial score (nSPS) is 9.36. The number of nitrogens with one attached hydrogen (secondary N) is 2. The van der Waals surface area contributed by atoms with Crippen molar-refractivity contribution in [3.05, 3.63) is 30.3 Å². The predicted molar refractivity (Wildman–Crippen MR) is 88.7 cm³/mol. The largest absolute Gasteiger partial charge is 0.378 e. The highest BCUT2D eigenvalue weighted by atomic mass is 19.1. The van der Waals surface area contributed by atoms with E-state index < -0.39 is 6.67 Å². The van der Waals surface area contributed by atoms with E-state index in [1.54, 1.807) is 0 Å². The van der Waals surface area contributed by atoms with Crippen molar-refractivity contribution in [2.45, 2.75) is 39.0 Å². The number of para-hydroxylation sites is 1. The van der Waals surface area contributed by atoms with E-state index in [2.05, 4.69) is 17.6 Å². The monoisotopic (exact) mass is 310 g/mol. The van der Waals surface area contributed by atoms with E-state index in [0.717, 1.165) is 24.8 Å². The molecular weight excluding hydrogens is 283 g/mol. The molecule has 1 aromatic rings. The summed E-state index contributed by atoms with van der Waals surface area (Å²) in [6.07, 6.45) is 5.75. The minimum absolute atomic E-state index is 0.0243. The highest BCUT2D eigenvalue weighted by Gasteiger charge is 1.98. The Morgan fingerprint density at radius 3 is 2.50 bits per heavy atom. The quantitative estimate of drug-likeness (QED) is 0.515. The summed E-state index contributed by atoms with van der Waals surface area (Å²) in [6.45, 7) is 2.19. The van der Waals surface area contributed by atoms with E-state index in [9.17, 15) is 14.0 Å². The third kappa shape index (κ3) is 13.1. The summed E-state index contributed by atoms with van der Waals surface area (Å²) in [6, 6.07) is 9.62. The maximum absolute atomic E-state index is 11.6. The van der Waals surface area contributed by atoms with Gasteiger partial charge in [-0.2, -0.15) is 0 Å². The first-order valence-corrected chi connectivity index (χ1v) is 7.79. The Morgan fingerprint density at radius 2 is 1.91 bits per heavy atom. The second-order valence-corrected chi connectivity index (χ2v) is 4.76. The van der Waals surface area contributed by atoms with Crippen molar-refractivity contribution >= 4 is 17.9 Å². The van der Waals surface area contributed by atoms with Crippen LogP contribution < -0.4 is 10.6 Å². The molecule has 0 aliphatic rings. The molecule has 0 spiro atoms. The van der Waals surface area contributed by atoms with Crippen LogP contribution in [0.15, 0.2) is 30.3 Å². The zero-order chi connectivity index (χ0) is 16.5. The highest BCUT2D eigenvalue weighted by Crippen LogP contribution is 2.03. The molecule has 124 valence electrons. The maximum Gasteiger partial charge on any atom is 0.220 e. The minimum Gasteiger partial charge on any atom is -0.378 e. The zero-order valence-electron chi connectivity index (χ0n) is 13.3. The second-order valence-electron chi connectivity index (χ2n) is 4.76. The molecule has 0 radical (unpaired) electrons. The molecule has 1 amide bonds. The molecule has 0 saturated heterocycles. The van der Waals surface area contributed by atoms with Crippen molar-refractivity contribution < 1.29 is 14.0 Å². The number of rotatable bonds is 10. The molecule has 1 aromatic carbocycles. The molecule has 5 heteroatoms. The minimum atomic E-state index is -0.472. The average Bonchev–Trinajstić information content (AvgIpc) is 2.56. The van der Waals surface area contributed by atoms with Crippen LogP contribution in [0.5, 0.6) is 0 Å². The van der Waals surface area contributed by atoms with E-state index in [-0.39, 0.29) is 12.5 Å². The summed E-state index contributed by atoms with van der Waals surface area (Å²) in [4.78, 5) is 20.8. The van der Waals surface area contributed by atoms with Crippen molar-refractivity contribution in [3.63, 3.8) is 0 Å². The number of aldehydes is 1. The van der Waals surface area contributed by atoms with Crippen molar-refractivity contribution in [3.8, 4) is 0 Å². The number of benzene rings is 1. The van der Waals surface area contributed by atoms with Gasteiger partial charge in [-0.1, -0.05) is 44.4 Å². The summed E-state index contributed by atoms with van der Waals surface area (Å²) in [5.41, 5.74) is 0.981. The average molecular weight is 310 g/mol. The molecule has 0 fully saturated rings. The fraction of sp³-hybridized carbons (Fsp3) is 0.529. The lowest BCUT2D eigenvalue weighted by Crippen LogP contribution is -2.24. The van der Waals surface area contributed by atoms with Gasteiger partial charge >= 0.3 is 0 Å². The van der Waals surface area contributed by atoms with Gasteiger partial charge < -0.3 is 15.4 Å². The van der Waals surface area contributed by atoms with E-state index in [4.69, 9.17) is 0 Å². The molecule has 0 aliphatic carbocycles. The Balaban J connectivity index is 0.000000406. The zero-order valence-corrected chi connectivity index (χ0v) is 13.3. The van der Waals surface area contributed by atoms with Crippen molar-refractivity contribution in [2.24, 2.45) is 0 Å². The Kier molecular flexibility index (Phi) is 14.1. The first-order valence-electron chi connectivity index (χ1n) is 7.79. The van der Waals surface area contributed by atoms with Gasteiger partial charge in [0.05, 0.1) is 6.54 Å². The van der Waals surface area contributed by atoms with Crippen molar-refractivity contribution in [1.29, 1.82) is 0 Å². The standard InChI is InChI=1S/C9H18FNO.C8H9NO/c1-2-3-4-5-6-9(12)11-8-7-10;10-7-6-9-8-4-2-1-3-5-8/h2-8H2,1H3,(H,11,12);1-5,7,9H,6H2. The van der Waals surface area contributed by atoms with Gasteiger partial charge in [-0.15, -0.1) is 0 Å². The van der Waals surface area contributed by atoms with Crippen LogP contribution >= 0.6 is 0 Å². The molecule has 0 aromatic heterocycles. The Hall–Kier alpha value is -1.91. The molecule has 0 aliphatic heterocycles. The Labute approximate surface area is 132 Å². The molecule has 0 atom stereocenters. The summed E-state index contributed by atoms with van der Waals surface area (Å²) in [5.74, 6) is -0.0243. The molecule has 1 rings (SSSR count). The van der Waals surface area contributed by atoms with E-state index in [1.165, 1.54) is 12.8 Å². The lowest BCUT2D eigenvalue weighted by atomic mass is 10.1. The summed E-state index contributed by atoms with van der Waals surface area (Å²) in [7, 11) is 0. The van der Waals surface area contributed by atoms with Gasteiger partial charge in [0.2, 0.25) is 5.91 Å². The van der Waals surface area contributed by atoms with E-state index in [1.807, 2.05) is 30.3 Å². The third-order valence-electron chi connectivity index (χ3n) is 2.84. The molecule has 22 heavy (non-hydrogen) atoms. The van der Waals surface area contributed by atoms with Gasteiger partial charge in [-0.3, -0.25) is 4.79 Å². The lowest BCUT2D eigenvalue weighted by molar-refractivity contribution is -0.121. The topological polar surface area (TPSA) is 58.2 Å². The number of alkyl halides is 1. The summed E-state index contributed by atoms with van der Waals surface area (Å²) in [5, 5.41) is 5.42. The lowest BCUT2D eigenvalue weighted by Gasteiger charge is -2.01. The first kappa shape index (κ1) is 20.1. The predicted octanol–water partition coefficient (Wildman–Crippen LogP) is 3.34. The SMILES string of the molecule is CCCCCCC(=O)NCCF.O=CCNc1ccccc1. The molecule has 0 heterocycles. The summed E-state index contributed by atoms with van der Waals surface area (Å²) < 4.78 is 11.6. The van der Waals surface area contributed by atoms with Gasteiger partial charge in [0, 0.05) is 18.7 Å². The van der Waals surface area contributed by atoms with Crippen LogP contribution in [-0.2, 0) is 9.59 Å². The van der Waals surface area contributed by atoms with Gasteiger partial charge in [-0.05, 0) is 18.6 Å². The number of unbranched alkanes of at least 4 members (excludes halogenated alkanes) is 3. The van der Waals surface area contributed by atoms with Gasteiger partial charge in [0.15, 0.2) is 0 Å². The number of hydrogen-bond acceptors (Lipinski definition) is 3. The number of carbonyl (C=O) groups excluding carboxylic acids is 2. The molecule has 0 unspecified atom stereocenters. The van der Waals surface area contributed by atoms with Gasteiger partial charge in [0.25, 0.3) is 0 Å². The van der Waals surface area contributed by atoms with Crippen LogP contribution in [-0.4, -0.2) is 32.0 Å². The van der Waals surface area contributed by atoms with Crippen LogP contribution in [0.1, 0.15) is 39.0 Å². The number of halogens is 1. The number of amides is 1. The molecule has 0 bridgehead atoms. The van der Waals surface area contributed by atoms with Crippen molar-refractivity contribution in [2.75, 3.05) is 25.1 Å².